The van der Waals surface area contributed by atoms with E-state index in [0.717, 1.165) is 32.1 Å². The third-order valence-electron chi connectivity index (χ3n) is 4.69. The molecule has 2 unspecified atom stereocenters. The van der Waals surface area contributed by atoms with Crippen LogP contribution in [0.3, 0.4) is 0 Å². The molecule has 0 saturated carbocycles. The summed E-state index contributed by atoms with van der Waals surface area (Å²) >= 11 is 0. The fraction of sp³-hybridized carbons (Fsp3) is 0.929. The number of likely N-dealkylation sites (tertiary alicyclic amines) is 1. The summed E-state index contributed by atoms with van der Waals surface area (Å²) in [7, 11) is 0. The van der Waals surface area contributed by atoms with Gasteiger partial charge in [0.1, 0.15) is 0 Å². The van der Waals surface area contributed by atoms with E-state index in [9.17, 15) is 4.79 Å². The van der Waals surface area contributed by atoms with Gasteiger partial charge in [0.25, 0.3) is 0 Å². The van der Waals surface area contributed by atoms with Crippen LogP contribution in [0.2, 0.25) is 0 Å². The lowest BCUT2D eigenvalue weighted by molar-refractivity contribution is -0.145. The molecule has 1 heterocycles. The Kier molecular flexibility index (Phi) is 4.99. The summed E-state index contributed by atoms with van der Waals surface area (Å²) in [5.74, 6) is 0.293. The van der Waals surface area contributed by atoms with Crippen molar-refractivity contribution in [2.24, 2.45) is 11.1 Å². The summed E-state index contributed by atoms with van der Waals surface area (Å²) in [5, 5.41) is 0. The molecule has 1 fully saturated rings. The number of hydrogen-bond donors (Lipinski definition) is 1. The van der Waals surface area contributed by atoms with Gasteiger partial charge >= 0.3 is 0 Å². The van der Waals surface area contributed by atoms with Crippen LogP contribution in [-0.2, 0) is 4.79 Å². The molecule has 2 N–H and O–H groups in total. The van der Waals surface area contributed by atoms with Gasteiger partial charge in [0.05, 0.1) is 5.41 Å². The van der Waals surface area contributed by atoms with Crippen molar-refractivity contribution in [2.45, 2.75) is 71.9 Å². The van der Waals surface area contributed by atoms with Crippen molar-refractivity contribution in [1.29, 1.82) is 0 Å². The van der Waals surface area contributed by atoms with Gasteiger partial charge in [-0.1, -0.05) is 20.8 Å². The van der Waals surface area contributed by atoms with Crippen LogP contribution in [0.15, 0.2) is 0 Å². The summed E-state index contributed by atoms with van der Waals surface area (Å²) in [5.41, 5.74) is 5.55. The summed E-state index contributed by atoms with van der Waals surface area (Å²) in [6.45, 7) is 8.97. The molecule has 100 valence electrons. The molecule has 0 aliphatic carbocycles. The molecule has 1 rings (SSSR count). The molecule has 1 aliphatic heterocycles. The number of hydrogen-bond acceptors (Lipinski definition) is 2. The van der Waals surface area contributed by atoms with E-state index >= 15 is 0 Å². The van der Waals surface area contributed by atoms with Crippen LogP contribution >= 0.6 is 0 Å². The summed E-state index contributed by atoms with van der Waals surface area (Å²) in [6.07, 6.45) is 5.04. The molecule has 1 amide bonds. The van der Waals surface area contributed by atoms with E-state index in [1.54, 1.807) is 0 Å². The predicted octanol–water partition coefficient (Wildman–Crippen LogP) is 2.54. The van der Waals surface area contributed by atoms with Crippen molar-refractivity contribution in [1.82, 2.24) is 4.90 Å². The first-order valence-corrected chi connectivity index (χ1v) is 7.09. The van der Waals surface area contributed by atoms with Gasteiger partial charge in [-0.3, -0.25) is 4.79 Å². The molecule has 1 aliphatic rings. The van der Waals surface area contributed by atoms with Crippen LogP contribution in [0.1, 0.15) is 59.8 Å². The van der Waals surface area contributed by atoms with Gasteiger partial charge in [-0.05, 0) is 39.0 Å². The standard InChI is InChI=1S/C14H28N2O/c1-5-12-9-8-11(4)16(12)13(17)14(6-2,7-3)10-15/h11-12H,5-10,15H2,1-4H3. The Hall–Kier alpha value is -0.570. The molecule has 0 bridgehead atoms. The zero-order chi connectivity index (χ0) is 13.1. The van der Waals surface area contributed by atoms with Gasteiger partial charge in [-0.2, -0.15) is 0 Å². The normalized spacial score (nSPS) is 25.4. The van der Waals surface area contributed by atoms with Gasteiger partial charge in [0, 0.05) is 18.6 Å². The monoisotopic (exact) mass is 240 g/mol. The van der Waals surface area contributed by atoms with Gasteiger partial charge < -0.3 is 10.6 Å². The van der Waals surface area contributed by atoms with Gasteiger partial charge in [0.15, 0.2) is 0 Å². The Morgan fingerprint density at radius 3 is 2.29 bits per heavy atom. The van der Waals surface area contributed by atoms with E-state index in [0.29, 0.717) is 24.5 Å². The summed E-state index contributed by atoms with van der Waals surface area (Å²) in [4.78, 5) is 14.9. The second-order valence-electron chi connectivity index (χ2n) is 5.39. The molecule has 0 aromatic heterocycles. The summed E-state index contributed by atoms with van der Waals surface area (Å²) < 4.78 is 0. The second kappa shape index (κ2) is 5.85. The lowest BCUT2D eigenvalue weighted by atomic mass is 9.80. The third-order valence-corrected chi connectivity index (χ3v) is 4.69. The Morgan fingerprint density at radius 1 is 1.29 bits per heavy atom. The molecule has 3 heteroatoms. The van der Waals surface area contributed by atoms with Crippen LogP contribution in [0, 0.1) is 5.41 Å². The maximum Gasteiger partial charge on any atom is 0.230 e. The molecular formula is C14H28N2O. The molecule has 0 aromatic rings. The predicted molar refractivity (Wildman–Crippen MR) is 71.7 cm³/mol. The van der Waals surface area contributed by atoms with Gasteiger partial charge in [0.2, 0.25) is 5.91 Å². The second-order valence-corrected chi connectivity index (χ2v) is 5.39. The van der Waals surface area contributed by atoms with E-state index < -0.39 is 0 Å². The fourth-order valence-corrected chi connectivity index (χ4v) is 3.04. The van der Waals surface area contributed by atoms with Crippen molar-refractivity contribution in [3.8, 4) is 0 Å². The highest BCUT2D eigenvalue weighted by atomic mass is 16.2. The molecule has 2 atom stereocenters. The average Bonchev–Trinajstić information content (AvgIpc) is 2.73. The van der Waals surface area contributed by atoms with Crippen LogP contribution in [0.4, 0.5) is 0 Å². The van der Waals surface area contributed by atoms with Crippen molar-refractivity contribution in [3.05, 3.63) is 0 Å². The Bertz CT molecular complexity index is 253. The molecule has 1 saturated heterocycles. The topological polar surface area (TPSA) is 46.3 Å². The van der Waals surface area contributed by atoms with Gasteiger partial charge in [-0.15, -0.1) is 0 Å². The van der Waals surface area contributed by atoms with Crippen molar-refractivity contribution in [2.75, 3.05) is 6.54 Å². The van der Waals surface area contributed by atoms with Crippen molar-refractivity contribution >= 4 is 5.91 Å². The highest BCUT2D eigenvalue weighted by Gasteiger charge is 2.42. The van der Waals surface area contributed by atoms with Crippen molar-refractivity contribution in [3.63, 3.8) is 0 Å². The van der Waals surface area contributed by atoms with E-state index in [-0.39, 0.29) is 5.41 Å². The van der Waals surface area contributed by atoms with Crippen LogP contribution in [-0.4, -0.2) is 29.4 Å². The average molecular weight is 240 g/mol. The highest BCUT2D eigenvalue weighted by molar-refractivity contribution is 5.83. The first-order valence-electron chi connectivity index (χ1n) is 7.09. The van der Waals surface area contributed by atoms with E-state index in [4.69, 9.17) is 5.73 Å². The van der Waals surface area contributed by atoms with E-state index in [1.165, 1.54) is 0 Å². The Morgan fingerprint density at radius 2 is 1.88 bits per heavy atom. The number of carbonyl (C=O) groups excluding carboxylic acids is 1. The molecule has 0 aromatic carbocycles. The minimum absolute atomic E-state index is 0.293. The number of nitrogens with two attached hydrogens (primary N) is 1. The van der Waals surface area contributed by atoms with E-state index in [1.807, 2.05) is 0 Å². The number of rotatable bonds is 5. The zero-order valence-corrected chi connectivity index (χ0v) is 11.8. The van der Waals surface area contributed by atoms with Crippen LogP contribution in [0.5, 0.6) is 0 Å². The lowest BCUT2D eigenvalue weighted by Gasteiger charge is -2.38. The molecule has 3 nitrogen and oxygen atoms in total. The zero-order valence-electron chi connectivity index (χ0n) is 11.8. The van der Waals surface area contributed by atoms with Gasteiger partial charge in [-0.25, -0.2) is 0 Å². The highest BCUT2D eigenvalue weighted by Crippen LogP contribution is 2.34. The Balaban J connectivity index is 2.93. The first-order chi connectivity index (χ1) is 8.06. The molecule has 17 heavy (non-hydrogen) atoms. The smallest absolute Gasteiger partial charge is 0.230 e. The largest absolute Gasteiger partial charge is 0.336 e. The minimum atomic E-state index is -0.327. The Labute approximate surface area is 106 Å². The molecule has 0 radical (unpaired) electrons. The quantitative estimate of drug-likeness (QED) is 0.802. The molecule has 0 spiro atoms. The lowest BCUT2D eigenvalue weighted by Crippen LogP contribution is -2.51. The SMILES string of the molecule is CCC1CCC(C)N1C(=O)C(CC)(CC)CN. The maximum atomic E-state index is 12.8. The third kappa shape index (κ3) is 2.49. The number of nitrogens with zero attached hydrogens (tertiary/aromatic N) is 1. The van der Waals surface area contributed by atoms with E-state index in [2.05, 4.69) is 32.6 Å². The first kappa shape index (κ1) is 14.5. The number of amides is 1. The maximum absolute atomic E-state index is 12.8. The van der Waals surface area contributed by atoms with Crippen LogP contribution < -0.4 is 5.73 Å². The minimum Gasteiger partial charge on any atom is -0.336 e. The van der Waals surface area contributed by atoms with Crippen LogP contribution in [0.25, 0.3) is 0 Å². The summed E-state index contributed by atoms with van der Waals surface area (Å²) in [6, 6.07) is 0.818. The number of carbonyl (C=O) groups is 1. The molecular weight excluding hydrogens is 212 g/mol. The fourth-order valence-electron chi connectivity index (χ4n) is 3.04. The van der Waals surface area contributed by atoms with Crippen molar-refractivity contribution < 1.29 is 4.79 Å².